The molecule has 0 aliphatic carbocycles. The van der Waals surface area contributed by atoms with E-state index in [1.165, 1.54) is 32.5 Å². The van der Waals surface area contributed by atoms with Gasteiger partial charge in [-0.3, -0.25) is 9.78 Å². The number of carbonyl (C=O) groups excluding carboxylic acids is 1. The number of methoxy groups -OCH3 is 1. The maximum atomic E-state index is 12.5. The first-order chi connectivity index (χ1) is 9.80. The first kappa shape index (κ1) is 17.5. The van der Waals surface area contributed by atoms with Crippen molar-refractivity contribution in [3.63, 3.8) is 0 Å². The number of pyridine rings is 1. The molecular weight excluding hydrogens is 314 g/mol. The second-order valence-electron chi connectivity index (χ2n) is 4.22. The van der Waals surface area contributed by atoms with Crippen LogP contribution in [0.3, 0.4) is 0 Å². The van der Waals surface area contributed by atoms with Crippen LogP contribution in [0.5, 0.6) is 0 Å². The first-order valence-corrected chi connectivity index (χ1v) is 7.93. The molecule has 1 aromatic rings. The van der Waals surface area contributed by atoms with Crippen LogP contribution in [-0.4, -0.2) is 49.4 Å². The zero-order valence-corrected chi connectivity index (χ0v) is 13.4. The van der Waals surface area contributed by atoms with Gasteiger partial charge in [-0.05, 0) is 18.6 Å². The maximum absolute atomic E-state index is 12.5. The van der Waals surface area contributed by atoms with Crippen molar-refractivity contribution in [3.05, 3.63) is 24.0 Å². The van der Waals surface area contributed by atoms with Gasteiger partial charge in [0, 0.05) is 26.2 Å². The molecule has 0 saturated heterocycles. The van der Waals surface area contributed by atoms with E-state index in [4.69, 9.17) is 18.0 Å². The predicted molar refractivity (Wildman–Crippen MR) is 81.2 cm³/mol. The van der Waals surface area contributed by atoms with Crippen LogP contribution >= 0.6 is 12.2 Å². The Bertz CT molecular complexity index is 631. The zero-order valence-electron chi connectivity index (χ0n) is 11.8. The fourth-order valence-electron chi connectivity index (χ4n) is 1.62. The number of thiocarbonyl (C=S) groups is 1. The van der Waals surface area contributed by atoms with Crippen LogP contribution in [0.2, 0.25) is 0 Å². The smallest absolute Gasteiger partial charge is 0.305 e. The number of esters is 1. The molecule has 0 saturated carbocycles. The summed E-state index contributed by atoms with van der Waals surface area (Å²) in [5, 5.41) is 0. The SMILES string of the molecule is COC(=O)CCCN(C)S(=O)(=O)c1cccnc1C(N)=S. The number of nitrogens with two attached hydrogens (primary N) is 1. The molecule has 0 radical (unpaired) electrons. The quantitative estimate of drug-likeness (QED) is 0.566. The van der Waals surface area contributed by atoms with E-state index >= 15 is 0 Å². The summed E-state index contributed by atoms with van der Waals surface area (Å²) in [5.74, 6) is -0.383. The number of carbonyl (C=O) groups is 1. The molecule has 1 heterocycles. The highest BCUT2D eigenvalue weighted by Crippen LogP contribution is 2.18. The summed E-state index contributed by atoms with van der Waals surface area (Å²) in [7, 11) is -1.06. The second-order valence-corrected chi connectivity index (χ2v) is 6.67. The number of sulfonamides is 1. The van der Waals surface area contributed by atoms with E-state index in [0.29, 0.717) is 6.42 Å². The van der Waals surface area contributed by atoms with Crippen LogP contribution in [0.25, 0.3) is 0 Å². The van der Waals surface area contributed by atoms with E-state index in [1.807, 2.05) is 0 Å². The van der Waals surface area contributed by atoms with Crippen molar-refractivity contribution < 1.29 is 17.9 Å². The Kier molecular flexibility index (Phi) is 6.19. The molecule has 2 N–H and O–H groups in total. The van der Waals surface area contributed by atoms with Crippen LogP contribution in [0.1, 0.15) is 18.5 Å². The minimum atomic E-state index is -3.77. The number of hydrogen-bond donors (Lipinski definition) is 1. The zero-order chi connectivity index (χ0) is 16.0. The molecule has 0 amide bonds. The van der Waals surface area contributed by atoms with E-state index in [1.54, 1.807) is 0 Å². The molecular formula is C12H17N3O4S2. The van der Waals surface area contributed by atoms with Crippen LogP contribution in [0.15, 0.2) is 23.2 Å². The Balaban J connectivity index is 2.90. The van der Waals surface area contributed by atoms with Gasteiger partial charge in [0.2, 0.25) is 10.0 Å². The van der Waals surface area contributed by atoms with Gasteiger partial charge in [0.05, 0.1) is 7.11 Å². The standard InChI is InChI=1S/C12H17N3O4S2/c1-15(8-4-6-10(16)19-2)21(17,18)9-5-3-7-14-11(9)12(13)20/h3,5,7H,4,6,8H2,1-2H3,(H2,13,20). The number of ether oxygens (including phenoxy) is 1. The first-order valence-electron chi connectivity index (χ1n) is 6.08. The van der Waals surface area contributed by atoms with Gasteiger partial charge in [-0.15, -0.1) is 0 Å². The summed E-state index contributed by atoms with van der Waals surface area (Å²) < 4.78 is 30.6. The molecule has 116 valence electrons. The van der Waals surface area contributed by atoms with Crippen molar-refractivity contribution in [2.24, 2.45) is 5.73 Å². The van der Waals surface area contributed by atoms with Crippen molar-refractivity contribution in [1.29, 1.82) is 0 Å². The lowest BCUT2D eigenvalue weighted by atomic mass is 10.3. The third-order valence-electron chi connectivity index (χ3n) is 2.77. The number of aromatic nitrogens is 1. The van der Waals surface area contributed by atoms with Crippen molar-refractivity contribution in [2.75, 3.05) is 20.7 Å². The van der Waals surface area contributed by atoms with Crippen LogP contribution < -0.4 is 5.73 Å². The van der Waals surface area contributed by atoms with E-state index in [9.17, 15) is 13.2 Å². The summed E-state index contributed by atoms with van der Waals surface area (Å²) in [5.41, 5.74) is 5.56. The average Bonchev–Trinajstić information content (AvgIpc) is 2.46. The number of rotatable bonds is 7. The number of hydrogen-bond acceptors (Lipinski definition) is 6. The van der Waals surface area contributed by atoms with Crippen molar-refractivity contribution in [2.45, 2.75) is 17.7 Å². The van der Waals surface area contributed by atoms with Gasteiger partial charge in [-0.25, -0.2) is 12.7 Å². The third-order valence-corrected chi connectivity index (χ3v) is 4.86. The number of nitrogens with zero attached hydrogens (tertiary/aromatic N) is 2. The van der Waals surface area contributed by atoms with Crippen LogP contribution in [-0.2, 0) is 19.6 Å². The average molecular weight is 331 g/mol. The predicted octanol–water partition coefficient (Wildman–Crippen LogP) is 0.290. The Morgan fingerprint density at radius 1 is 1.52 bits per heavy atom. The molecule has 0 aromatic carbocycles. The van der Waals surface area contributed by atoms with Crippen molar-refractivity contribution in [3.8, 4) is 0 Å². The molecule has 1 rings (SSSR count). The lowest BCUT2D eigenvalue weighted by Gasteiger charge is -2.18. The van der Waals surface area contributed by atoms with E-state index < -0.39 is 10.0 Å². The van der Waals surface area contributed by atoms with Gasteiger partial charge in [0.1, 0.15) is 15.6 Å². The van der Waals surface area contributed by atoms with Gasteiger partial charge < -0.3 is 10.5 Å². The van der Waals surface area contributed by atoms with E-state index in [2.05, 4.69) is 9.72 Å². The molecule has 0 bridgehead atoms. The minimum Gasteiger partial charge on any atom is -0.469 e. The fourth-order valence-corrected chi connectivity index (χ4v) is 3.21. The summed E-state index contributed by atoms with van der Waals surface area (Å²) in [6.07, 6.45) is 1.92. The monoisotopic (exact) mass is 331 g/mol. The molecule has 0 aliphatic rings. The third kappa shape index (κ3) is 4.45. The van der Waals surface area contributed by atoms with Gasteiger partial charge in [-0.1, -0.05) is 12.2 Å². The highest BCUT2D eigenvalue weighted by molar-refractivity contribution is 7.89. The van der Waals surface area contributed by atoms with Crippen LogP contribution in [0, 0.1) is 0 Å². The highest BCUT2D eigenvalue weighted by atomic mass is 32.2. The Hall–Kier alpha value is -1.58. The Morgan fingerprint density at radius 2 is 2.19 bits per heavy atom. The van der Waals surface area contributed by atoms with Crippen molar-refractivity contribution >= 4 is 33.2 Å². The Labute approximate surface area is 129 Å². The largest absolute Gasteiger partial charge is 0.469 e. The van der Waals surface area contributed by atoms with Gasteiger partial charge in [-0.2, -0.15) is 0 Å². The Morgan fingerprint density at radius 3 is 2.76 bits per heavy atom. The maximum Gasteiger partial charge on any atom is 0.305 e. The molecule has 21 heavy (non-hydrogen) atoms. The van der Waals surface area contributed by atoms with Gasteiger partial charge >= 0.3 is 5.97 Å². The molecule has 0 fully saturated rings. The molecule has 0 atom stereocenters. The second kappa shape index (κ2) is 7.43. The lowest BCUT2D eigenvalue weighted by Crippen LogP contribution is -2.30. The summed E-state index contributed by atoms with van der Waals surface area (Å²) >= 11 is 4.81. The fraction of sp³-hybridized carbons (Fsp3) is 0.417. The van der Waals surface area contributed by atoms with E-state index in [0.717, 1.165) is 4.31 Å². The van der Waals surface area contributed by atoms with Gasteiger partial charge in [0.15, 0.2) is 0 Å². The summed E-state index contributed by atoms with van der Waals surface area (Å²) in [4.78, 5) is 14.8. The molecule has 9 heteroatoms. The van der Waals surface area contributed by atoms with E-state index in [-0.39, 0.29) is 34.5 Å². The minimum absolute atomic E-state index is 0.0435. The highest BCUT2D eigenvalue weighted by Gasteiger charge is 2.25. The normalized spacial score (nSPS) is 11.4. The molecule has 0 aliphatic heterocycles. The van der Waals surface area contributed by atoms with Gasteiger partial charge in [0.25, 0.3) is 0 Å². The lowest BCUT2D eigenvalue weighted by molar-refractivity contribution is -0.140. The molecule has 0 spiro atoms. The van der Waals surface area contributed by atoms with Crippen LogP contribution in [0.4, 0.5) is 0 Å². The molecule has 1 aromatic heterocycles. The summed E-state index contributed by atoms with van der Waals surface area (Å²) in [6, 6.07) is 2.89. The topological polar surface area (TPSA) is 103 Å². The molecule has 7 nitrogen and oxygen atoms in total. The summed E-state index contributed by atoms with van der Waals surface area (Å²) in [6.45, 7) is 0.170. The van der Waals surface area contributed by atoms with Crippen molar-refractivity contribution in [1.82, 2.24) is 9.29 Å². The molecule has 0 unspecified atom stereocenters.